The van der Waals surface area contributed by atoms with E-state index in [1.165, 1.54) is 0 Å². The summed E-state index contributed by atoms with van der Waals surface area (Å²) in [5, 5.41) is 9.25. The SMILES string of the molecule is CCc1nccn1-c1ccccc1CO. The fourth-order valence-corrected chi connectivity index (χ4v) is 1.69. The molecule has 0 unspecified atom stereocenters. The van der Waals surface area contributed by atoms with Crippen LogP contribution in [0.3, 0.4) is 0 Å². The van der Waals surface area contributed by atoms with Gasteiger partial charge in [0.2, 0.25) is 0 Å². The molecule has 3 nitrogen and oxygen atoms in total. The molecule has 0 saturated heterocycles. The zero-order valence-corrected chi connectivity index (χ0v) is 8.72. The van der Waals surface area contributed by atoms with E-state index < -0.39 is 0 Å². The molecule has 2 aromatic rings. The fraction of sp³-hybridized carbons (Fsp3) is 0.250. The van der Waals surface area contributed by atoms with Gasteiger partial charge in [-0.1, -0.05) is 25.1 Å². The molecule has 2 rings (SSSR count). The number of para-hydroxylation sites is 1. The number of rotatable bonds is 3. The summed E-state index contributed by atoms with van der Waals surface area (Å²) >= 11 is 0. The lowest BCUT2D eigenvalue weighted by atomic mass is 10.2. The van der Waals surface area contributed by atoms with Crippen LogP contribution in [-0.4, -0.2) is 14.7 Å². The molecule has 0 aliphatic rings. The second kappa shape index (κ2) is 4.28. The van der Waals surface area contributed by atoms with Crippen LogP contribution in [-0.2, 0) is 13.0 Å². The van der Waals surface area contributed by atoms with Crippen LogP contribution in [0.15, 0.2) is 36.7 Å². The number of aromatic nitrogens is 2. The van der Waals surface area contributed by atoms with Crippen molar-refractivity contribution in [2.75, 3.05) is 0 Å². The molecular formula is C12H14N2O. The minimum atomic E-state index is 0.0531. The van der Waals surface area contributed by atoms with Gasteiger partial charge in [0.15, 0.2) is 0 Å². The molecule has 0 bridgehead atoms. The first-order chi connectivity index (χ1) is 7.36. The molecule has 0 radical (unpaired) electrons. The van der Waals surface area contributed by atoms with Gasteiger partial charge in [-0.2, -0.15) is 0 Å². The number of aliphatic hydroxyl groups excluding tert-OH is 1. The highest BCUT2D eigenvalue weighted by Gasteiger charge is 2.06. The van der Waals surface area contributed by atoms with Crippen molar-refractivity contribution in [3.05, 3.63) is 48.0 Å². The molecule has 0 spiro atoms. The summed E-state index contributed by atoms with van der Waals surface area (Å²) in [4.78, 5) is 4.27. The van der Waals surface area contributed by atoms with Gasteiger partial charge < -0.3 is 9.67 Å². The summed E-state index contributed by atoms with van der Waals surface area (Å²) in [5.74, 6) is 1.01. The van der Waals surface area contributed by atoms with Crippen LogP contribution >= 0.6 is 0 Å². The predicted molar refractivity (Wildman–Crippen MR) is 58.9 cm³/mol. The van der Waals surface area contributed by atoms with E-state index in [1.54, 1.807) is 6.20 Å². The average Bonchev–Trinajstić information content (AvgIpc) is 2.76. The number of aryl methyl sites for hydroxylation is 1. The van der Waals surface area contributed by atoms with Crippen LogP contribution in [0, 0.1) is 0 Å². The number of benzene rings is 1. The third-order valence-corrected chi connectivity index (χ3v) is 2.46. The van der Waals surface area contributed by atoms with Crippen LogP contribution < -0.4 is 0 Å². The molecular weight excluding hydrogens is 188 g/mol. The van der Waals surface area contributed by atoms with Gasteiger partial charge in [0.1, 0.15) is 5.82 Å². The fourth-order valence-electron chi connectivity index (χ4n) is 1.69. The molecule has 3 heteroatoms. The lowest BCUT2D eigenvalue weighted by Crippen LogP contribution is -2.02. The standard InChI is InChI=1S/C12H14N2O/c1-2-12-13-7-8-14(12)11-6-4-3-5-10(11)9-15/h3-8,15H,2,9H2,1H3. The molecule has 0 saturated carbocycles. The lowest BCUT2D eigenvalue weighted by Gasteiger charge is -2.10. The molecule has 0 aliphatic carbocycles. The van der Waals surface area contributed by atoms with E-state index in [0.29, 0.717) is 0 Å². The Balaban J connectivity index is 2.53. The zero-order chi connectivity index (χ0) is 10.7. The van der Waals surface area contributed by atoms with Crippen LogP contribution in [0.2, 0.25) is 0 Å². The lowest BCUT2D eigenvalue weighted by molar-refractivity contribution is 0.281. The first-order valence-corrected chi connectivity index (χ1v) is 5.08. The summed E-state index contributed by atoms with van der Waals surface area (Å²) in [6.45, 7) is 2.12. The number of hydrogen-bond acceptors (Lipinski definition) is 2. The summed E-state index contributed by atoms with van der Waals surface area (Å²) in [5.41, 5.74) is 1.93. The number of imidazole rings is 1. The Bertz CT molecular complexity index is 448. The Labute approximate surface area is 89.0 Å². The largest absolute Gasteiger partial charge is 0.392 e. The number of nitrogens with zero attached hydrogens (tertiary/aromatic N) is 2. The second-order valence-corrected chi connectivity index (χ2v) is 3.35. The first kappa shape index (κ1) is 9.93. The van der Waals surface area contributed by atoms with E-state index >= 15 is 0 Å². The highest BCUT2D eigenvalue weighted by Crippen LogP contribution is 2.16. The third kappa shape index (κ3) is 1.78. The maximum Gasteiger partial charge on any atom is 0.112 e. The maximum absolute atomic E-state index is 9.25. The van der Waals surface area contributed by atoms with Crippen molar-refractivity contribution in [3.63, 3.8) is 0 Å². The van der Waals surface area contributed by atoms with E-state index in [-0.39, 0.29) is 6.61 Å². The minimum absolute atomic E-state index is 0.0531. The Morgan fingerprint density at radius 1 is 1.33 bits per heavy atom. The highest BCUT2D eigenvalue weighted by atomic mass is 16.3. The maximum atomic E-state index is 9.25. The van der Waals surface area contributed by atoms with Crippen molar-refractivity contribution in [3.8, 4) is 5.69 Å². The van der Waals surface area contributed by atoms with E-state index in [9.17, 15) is 5.11 Å². The number of hydrogen-bond donors (Lipinski definition) is 1. The van der Waals surface area contributed by atoms with E-state index in [1.807, 2.05) is 35.0 Å². The molecule has 1 aromatic heterocycles. The summed E-state index contributed by atoms with van der Waals surface area (Å²) in [7, 11) is 0. The topological polar surface area (TPSA) is 38.0 Å². The van der Waals surface area contributed by atoms with Crippen molar-refractivity contribution in [1.82, 2.24) is 9.55 Å². The Kier molecular flexibility index (Phi) is 2.83. The quantitative estimate of drug-likeness (QED) is 0.825. The van der Waals surface area contributed by atoms with Gasteiger partial charge in [0.05, 0.1) is 12.3 Å². The van der Waals surface area contributed by atoms with Gasteiger partial charge in [0.25, 0.3) is 0 Å². The van der Waals surface area contributed by atoms with Crippen LogP contribution in [0.25, 0.3) is 5.69 Å². The van der Waals surface area contributed by atoms with Crippen molar-refractivity contribution < 1.29 is 5.11 Å². The highest BCUT2D eigenvalue weighted by molar-refractivity contribution is 5.41. The van der Waals surface area contributed by atoms with E-state index in [0.717, 1.165) is 23.5 Å². The van der Waals surface area contributed by atoms with Gasteiger partial charge >= 0.3 is 0 Å². The molecule has 78 valence electrons. The van der Waals surface area contributed by atoms with Crippen LogP contribution in [0.1, 0.15) is 18.3 Å². The molecule has 0 aliphatic heterocycles. The predicted octanol–water partition coefficient (Wildman–Crippen LogP) is 1.93. The van der Waals surface area contributed by atoms with Gasteiger partial charge in [-0.05, 0) is 6.07 Å². The molecule has 0 fully saturated rings. The molecule has 15 heavy (non-hydrogen) atoms. The minimum Gasteiger partial charge on any atom is -0.392 e. The average molecular weight is 202 g/mol. The first-order valence-electron chi connectivity index (χ1n) is 5.08. The van der Waals surface area contributed by atoms with Crippen LogP contribution in [0.5, 0.6) is 0 Å². The molecule has 1 heterocycles. The monoisotopic (exact) mass is 202 g/mol. The summed E-state index contributed by atoms with van der Waals surface area (Å²) in [6, 6.07) is 7.81. The Morgan fingerprint density at radius 3 is 2.87 bits per heavy atom. The third-order valence-electron chi connectivity index (χ3n) is 2.46. The summed E-state index contributed by atoms with van der Waals surface area (Å²) in [6.07, 6.45) is 4.59. The van der Waals surface area contributed by atoms with Gasteiger partial charge in [-0.25, -0.2) is 4.98 Å². The van der Waals surface area contributed by atoms with Crippen molar-refractivity contribution in [2.24, 2.45) is 0 Å². The van der Waals surface area contributed by atoms with Gasteiger partial charge in [-0.15, -0.1) is 0 Å². The van der Waals surface area contributed by atoms with E-state index in [2.05, 4.69) is 11.9 Å². The van der Waals surface area contributed by atoms with Gasteiger partial charge in [-0.3, -0.25) is 0 Å². The zero-order valence-electron chi connectivity index (χ0n) is 8.72. The number of aliphatic hydroxyl groups is 1. The molecule has 0 atom stereocenters. The van der Waals surface area contributed by atoms with Crippen molar-refractivity contribution >= 4 is 0 Å². The summed E-state index contributed by atoms with van der Waals surface area (Å²) < 4.78 is 2.02. The smallest absolute Gasteiger partial charge is 0.112 e. The normalized spacial score (nSPS) is 10.5. The molecule has 1 aromatic carbocycles. The van der Waals surface area contributed by atoms with Crippen molar-refractivity contribution in [2.45, 2.75) is 20.0 Å². The van der Waals surface area contributed by atoms with Crippen LogP contribution in [0.4, 0.5) is 0 Å². The molecule has 0 amide bonds. The second-order valence-electron chi connectivity index (χ2n) is 3.35. The van der Waals surface area contributed by atoms with E-state index in [4.69, 9.17) is 0 Å². The Morgan fingerprint density at radius 2 is 2.13 bits per heavy atom. The molecule has 1 N–H and O–H groups in total. The van der Waals surface area contributed by atoms with Crippen molar-refractivity contribution in [1.29, 1.82) is 0 Å². The van der Waals surface area contributed by atoms with Gasteiger partial charge in [0, 0.05) is 24.4 Å². The Hall–Kier alpha value is -1.61.